The summed E-state index contributed by atoms with van der Waals surface area (Å²) in [6, 6.07) is 6.15. The molecule has 1 aliphatic rings. The molecular formula is C13H15NO5S2. The summed E-state index contributed by atoms with van der Waals surface area (Å²) < 4.78 is 22.6. The molecule has 114 valence electrons. The number of sulfone groups is 1. The Hall–Kier alpha value is -1.54. The first-order valence-electron chi connectivity index (χ1n) is 6.31. The predicted molar refractivity (Wildman–Crippen MR) is 81.5 cm³/mol. The molecular weight excluding hydrogens is 314 g/mol. The normalized spacial score (nSPS) is 20.1. The minimum atomic E-state index is -2.95. The molecule has 1 aromatic carbocycles. The van der Waals surface area contributed by atoms with Gasteiger partial charge < -0.3 is 10.4 Å². The Kier molecular flexibility index (Phi) is 4.89. The Balaban J connectivity index is 1.90. The number of carbonyl (C=O) groups is 2. The van der Waals surface area contributed by atoms with E-state index in [-0.39, 0.29) is 39.7 Å². The summed E-state index contributed by atoms with van der Waals surface area (Å²) in [4.78, 5) is 22.8. The SMILES string of the molecule is O=C(CSC1CCS(=O)(=O)C1)Nc1ccccc1C(=O)O. The van der Waals surface area contributed by atoms with Crippen molar-refractivity contribution in [3.05, 3.63) is 29.8 Å². The Morgan fingerprint density at radius 1 is 1.33 bits per heavy atom. The molecule has 2 N–H and O–H groups in total. The van der Waals surface area contributed by atoms with E-state index in [1.165, 1.54) is 23.9 Å². The van der Waals surface area contributed by atoms with Gasteiger partial charge in [0.25, 0.3) is 0 Å². The van der Waals surface area contributed by atoms with Gasteiger partial charge in [-0.05, 0) is 18.6 Å². The topological polar surface area (TPSA) is 101 Å². The van der Waals surface area contributed by atoms with Crippen LogP contribution in [-0.4, -0.2) is 47.9 Å². The maximum absolute atomic E-state index is 11.8. The molecule has 1 unspecified atom stereocenters. The number of carboxylic acids is 1. The summed E-state index contributed by atoms with van der Waals surface area (Å²) in [5, 5.41) is 11.5. The molecule has 1 amide bonds. The Labute approximate surface area is 126 Å². The molecule has 1 aliphatic heterocycles. The lowest BCUT2D eigenvalue weighted by molar-refractivity contribution is -0.113. The Morgan fingerprint density at radius 3 is 2.67 bits per heavy atom. The largest absolute Gasteiger partial charge is 0.478 e. The molecule has 0 aliphatic carbocycles. The number of hydrogen-bond donors (Lipinski definition) is 2. The van der Waals surface area contributed by atoms with Crippen LogP contribution in [0.15, 0.2) is 24.3 Å². The van der Waals surface area contributed by atoms with E-state index in [2.05, 4.69) is 5.32 Å². The number of hydrogen-bond acceptors (Lipinski definition) is 5. The van der Waals surface area contributed by atoms with Gasteiger partial charge in [0.15, 0.2) is 9.84 Å². The van der Waals surface area contributed by atoms with E-state index >= 15 is 0 Å². The lowest BCUT2D eigenvalue weighted by atomic mass is 10.2. The van der Waals surface area contributed by atoms with Crippen LogP contribution in [0.3, 0.4) is 0 Å². The monoisotopic (exact) mass is 329 g/mol. The van der Waals surface area contributed by atoms with Gasteiger partial charge in [-0.25, -0.2) is 13.2 Å². The molecule has 21 heavy (non-hydrogen) atoms. The summed E-state index contributed by atoms with van der Waals surface area (Å²) in [6.45, 7) is 0. The minimum Gasteiger partial charge on any atom is -0.478 e. The Bertz CT molecular complexity index is 656. The van der Waals surface area contributed by atoms with E-state index in [1.807, 2.05) is 0 Å². The van der Waals surface area contributed by atoms with E-state index in [4.69, 9.17) is 5.11 Å². The van der Waals surface area contributed by atoms with E-state index in [0.717, 1.165) is 0 Å². The quantitative estimate of drug-likeness (QED) is 0.843. The maximum Gasteiger partial charge on any atom is 0.337 e. The number of carbonyl (C=O) groups excluding carboxylic acids is 1. The number of aromatic carboxylic acids is 1. The van der Waals surface area contributed by atoms with Crippen LogP contribution in [0, 0.1) is 0 Å². The number of benzene rings is 1. The molecule has 2 rings (SSSR count). The first kappa shape index (κ1) is 15.8. The molecule has 0 radical (unpaired) electrons. The van der Waals surface area contributed by atoms with Gasteiger partial charge in [-0.1, -0.05) is 12.1 Å². The fourth-order valence-electron chi connectivity index (χ4n) is 2.05. The first-order chi connectivity index (χ1) is 9.87. The summed E-state index contributed by atoms with van der Waals surface area (Å²) in [7, 11) is -2.95. The number of nitrogens with one attached hydrogen (secondary N) is 1. The highest BCUT2D eigenvalue weighted by Gasteiger charge is 2.28. The fraction of sp³-hybridized carbons (Fsp3) is 0.385. The van der Waals surface area contributed by atoms with Crippen LogP contribution in [0.1, 0.15) is 16.8 Å². The predicted octanol–water partition coefficient (Wildman–Crippen LogP) is 1.24. The number of rotatable bonds is 5. The van der Waals surface area contributed by atoms with Gasteiger partial charge in [-0.15, -0.1) is 11.8 Å². The highest BCUT2D eigenvalue weighted by molar-refractivity contribution is 8.02. The lowest BCUT2D eigenvalue weighted by Gasteiger charge is -2.10. The molecule has 1 fully saturated rings. The van der Waals surface area contributed by atoms with Gasteiger partial charge in [0.2, 0.25) is 5.91 Å². The summed E-state index contributed by atoms with van der Waals surface area (Å²) in [5.74, 6) is -1.06. The molecule has 0 spiro atoms. The molecule has 0 bridgehead atoms. The van der Waals surface area contributed by atoms with Crippen molar-refractivity contribution < 1.29 is 23.1 Å². The van der Waals surface area contributed by atoms with Gasteiger partial charge in [-0.2, -0.15) is 0 Å². The molecule has 8 heteroatoms. The lowest BCUT2D eigenvalue weighted by Crippen LogP contribution is -2.18. The van der Waals surface area contributed by atoms with Gasteiger partial charge in [0.1, 0.15) is 0 Å². The zero-order chi connectivity index (χ0) is 15.5. The van der Waals surface area contributed by atoms with E-state index < -0.39 is 15.8 Å². The van der Waals surface area contributed by atoms with Crippen molar-refractivity contribution in [2.45, 2.75) is 11.7 Å². The van der Waals surface area contributed by atoms with Crippen LogP contribution in [-0.2, 0) is 14.6 Å². The van der Waals surface area contributed by atoms with E-state index in [0.29, 0.717) is 6.42 Å². The number of para-hydroxylation sites is 1. The standard InChI is InChI=1S/C13H15NO5S2/c15-12(7-20-9-5-6-21(18,19)8-9)14-11-4-2-1-3-10(11)13(16)17/h1-4,9H,5-8H2,(H,14,15)(H,16,17). The summed E-state index contributed by atoms with van der Waals surface area (Å²) in [6.07, 6.45) is 0.562. The Morgan fingerprint density at radius 2 is 2.05 bits per heavy atom. The van der Waals surface area contributed by atoms with Crippen LogP contribution in [0.2, 0.25) is 0 Å². The molecule has 1 atom stereocenters. The zero-order valence-electron chi connectivity index (χ0n) is 11.1. The van der Waals surface area contributed by atoms with E-state index in [1.54, 1.807) is 12.1 Å². The maximum atomic E-state index is 11.8. The van der Waals surface area contributed by atoms with Gasteiger partial charge in [0, 0.05) is 5.25 Å². The average molecular weight is 329 g/mol. The molecule has 1 heterocycles. The summed E-state index contributed by atoms with van der Waals surface area (Å²) >= 11 is 1.29. The van der Waals surface area contributed by atoms with Crippen molar-refractivity contribution >= 4 is 39.2 Å². The van der Waals surface area contributed by atoms with Crippen molar-refractivity contribution in [2.75, 3.05) is 22.6 Å². The van der Waals surface area contributed by atoms with Gasteiger partial charge in [-0.3, -0.25) is 4.79 Å². The van der Waals surface area contributed by atoms with Crippen molar-refractivity contribution in [3.8, 4) is 0 Å². The molecule has 1 saturated heterocycles. The van der Waals surface area contributed by atoms with Crippen LogP contribution < -0.4 is 5.32 Å². The average Bonchev–Trinajstić information content (AvgIpc) is 2.76. The molecule has 1 aromatic rings. The highest BCUT2D eigenvalue weighted by Crippen LogP contribution is 2.24. The molecule has 0 saturated carbocycles. The van der Waals surface area contributed by atoms with Crippen molar-refractivity contribution in [2.24, 2.45) is 0 Å². The van der Waals surface area contributed by atoms with Crippen molar-refractivity contribution in [1.82, 2.24) is 0 Å². The number of anilines is 1. The number of thioether (sulfide) groups is 1. The smallest absolute Gasteiger partial charge is 0.337 e. The zero-order valence-corrected chi connectivity index (χ0v) is 12.7. The third-order valence-corrected chi connectivity index (χ3v) is 6.35. The summed E-state index contributed by atoms with van der Waals surface area (Å²) in [5.41, 5.74) is 0.272. The second kappa shape index (κ2) is 6.48. The van der Waals surface area contributed by atoms with Crippen LogP contribution in [0.25, 0.3) is 0 Å². The van der Waals surface area contributed by atoms with Crippen LogP contribution in [0.5, 0.6) is 0 Å². The number of amides is 1. The highest BCUT2D eigenvalue weighted by atomic mass is 32.2. The second-order valence-electron chi connectivity index (χ2n) is 4.73. The van der Waals surface area contributed by atoms with Crippen molar-refractivity contribution in [3.63, 3.8) is 0 Å². The minimum absolute atomic E-state index is 0.0271. The molecule has 6 nitrogen and oxygen atoms in total. The fourth-order valence-corrected chi connectivity index (χ4v) is 5.49. The van der Waals surface area contributed by atoms with Crippen LogP contribution >= 0.6 is 11.8 Å². The van der Waals surface area contributed by atoms with E-state index in [9.17, 15) is 18.0 Å². The van der Waals surface area contributed by atoms with Crippen molar-refractivity contribution in [1.29, 1.82) is 0 Å². The third kappa shape index (κ3) is 4.47. The van der Waals surface area contributed by atoms with Crippen LogP contribution in [0.4, 0.5) is 5.69 Å². The third-order valence-electron chi connectivity index (χ3n) is 3.07. The number of carboxylic acid groups (broad SMARTS) is 1. The van der Waals surface area contributed by atoms with Gasteiger partial charge in [0.05, 0.1) is 28.5 Å². The van der Waals surface area contributed by atoms with Gasteiger partial charge >= 0.3 is 5.97 Å². The second-order valence-corrected chi connectivity index (χ2v) is 8.25. The molecule has 0 aromatic heterocycles. The first-order valence-corrected chi connectivity index (χ1v) is 9.18.